The van der Waals surface area contributed by atoms with Crippen LogP contribution in [0, 0.1) is 3.57 Å². The molecule has 1 unspecified atom stereocenters. The van der Waals surface area contributed by atoms with Crippen LogP contribution in [0.4, 0.5) is 0 Å². The Labute approximate surface area is 136 Å². The molecule has 2 N–H and O–H groups in total. The van der Waals surface area contributed by atoms with E-state index in [1.54, 1.807) is 0 Å². The number of nitrogens with two attached hydrogens (primary N) is 1. The molecule has 0 aliphatic heterocycles. The first-order valence-corrected chi connectivity index (χ1v) is 7.80. The molecule has 1 nitrogen and oxygen atoms in total. The number of rotatable bonds is 2. The van der Waals surface area contributed by atoms with Gasteiger partial charge in [0, 0.05) is 3.57 Å². The quantitative estimate of drug-likeness (QED) is 0.599. The molecule has 0 amide bonds. The van der Waals surface area contributed by atoms with Crippen LogP contribution in [-0.2, 0) is 0 Å². The van der Waals surface area contributed by atoms with Gasteiger partial charge in [0.15, 0.2) is 0 Å². The molecule has 3 aromatic carbocycles. The van der Waals surface area contributed by atoms with Crippen LogP contribution in [0.3, 0.4) is 0 Å². The second-order valence-corrected chi connectivity index (χ2v) is 6.33. The van der Waals surface area contributed by atoms with Gasteiger partial charge in [0.1, 0.15) is 0 Å². The predicted octanol–water partition coefficient (Wildman–Crippen LogP) is 5.15. The fourth-order valence-electron chi connectivity index (χ4n) is 2.30. The van der Waals surface area contributed by atoms with Crippen molar-refractivity contribution in [3.05, 3.63) is 80.4 Å². The highest BCUT2D eigenvalue weighted by Gasteiger charge is 2.11. The van der Waals surface area contributed by atoms with Crippen molar-refractivity contribution in [2.75, 3.05) is 0 Å². The van der Waals surface area contributed by atoms with E-state index >= 15 is 0 Å². The molecule has 0 aromatic heterocycles. The maximum atomic E-state index is 6.37. The highest BCUT2D eigenvalue weighted by Crippen LogP contribution is 2.27. The molecule has 0 aliphatic rings. The van der Waals surface area contributed by atoms with Gasteiger partial charge in [-0.3, -0.25) is 0 Å². The predicted molar refractivity (Wildman–Crippen MR) is 94.1 cm³/mol. The van der Waals surface area contributed by atoms with Gasteiger partial charge in [-0.1, -0.05) is 54.1 Å². The maximum absolute atomic E-state index is 6.37. The summed E-state index contributed by atoms with van der Waals surface area (Å²) >= 11 is 8.40. The lowest BCUT2D eigenvalue weighted by Crippen LogP contribution is -2.11. The molecule has 0 fully saturated rings. The third kappa shape index (κ3) is 2.68. The maximum Gasteiger partial charge on any atom is 0.0552 e. The summed E-state index contributed by atoms with van der Waals surface area (Å²) in [5, 5.41) is 3.18. The van der Waals surface area contributed by atoms with Crippen molar-refractivity contribution >= 4 is 45.0 Å². The number of halogens is 2. The van der Waals surface area contributed by atoms with Crippen LogP contribution in [0.15, 0.2) is 60.7 Å². The molecule has 3 aromatic rings. The summed E-state index contributed by atoms with van der Waals surface area (Å²) in [7, 11) is 0. The largest absolute Gasteiger partial charge is 0.320 e. The Bertz CT molecular complexity index is 770. The van der Waals surface area contributed by atoms with Crippen LogP contribution in [-0.4, -0.2) is 0 Å². The fraction of sp³-hybridized carbons (Fsp3) is 0.0588. The Morgan fingerprint density at radius 1 is 0.850 bits per heavy atom. The van der Waals surface area contributed by atoms with Gasteiger partial charge in [-0.2, -0.15) is 0 Å². The van der Waals surface area contributed by atoms with E-state index in [2.05, 4.69) is 52.9 Å². The monoisotopic (exact) mass is 393 g/mol. The molecule has 3 rings (SSSR count). The Morgan fingerprint density at radius 2 is 1.50 bits per heavy atom. The lowest BCUT2D eigenvalue weighted by atomic mass is 9.97. The van der Waals surface area contributed by atoms with E-state index in [-0.39, 0.29) is 6.04 Å². The van der Waals surface area contributed by atoms with Crippen molar-refractivity contribution in [1.29, 1.82) is 0 Å². The van der Waals surface area contributed by atoms with Crippen LogP contribution in [0.2, 0.25) is 5.02 Å². The van der Waals surface area contributed by atoms with E-state index in [9.17, 15) is 0 Å². The lowest BCUT2D eigenvalue weighted by molar-refractivity contribution is 0.873. The van der Waals surface area contributed by atoms with Crippen LogP contribution in [0.25, 0.3) is 10.8 Å². The SMILES string of the molecule is NC(c1ccc(I)c(Cl)c1)c1ccc2ccccc2c1. The number of hydrogen-bond acceptors (Lipinski definition) is 1. The Morgan fingerprint density at radius 3 is 2.25 bits per heavy atom. The van der Waals surface area contributed by atoms with Crippen molar-refractivity contribution in [1.82, 2.24) is 0 Å². The Balaban J connectivity index is 2.02. The molecule has 20 heavy (non-hydrogen) atoms. The zero-order valence-corrected chi connectivity index (χ0v) is 13.6. The minimum absolute atomic E-state index is 0.158. The van der Waals surface area contributed by atoms with Crippen molar-refractivity contribution in [2.24, 2.45) is 5.73 Å². The third-order valence-corrected chi connectivity index (χ3v) is 5.01. The van der Waals surface area contributed by atoms with Crippen LogP contribution in [0.1, 0.15) is 17.2 Å². The first-order valence-electron chi connectivity index (χ1n) is 6.34. The van der Waals surface area contributed by atoms with Crippen molar-refractivity contribution < 1.29 is 0 Å². The number of benzene rings is 3. The first kappa shape index (κ1) is 13.9. The van der Waals surface area contributed by atoms with Gasteiger partial charge < -0.3 is 5.73 Å². The minimum Gasteiger partial charge on any atom is -0.320 e. The van der Waals surface area contributed by atoms with Gasteiger partial charge in [0.05, 0.1) is 11.1 Å². The average molecular weight is 394 g/mol. The molecule has 0 bridgehead atoms. The molecular formula is C17H13ClIN. The molecule has 1 atom stereocenters. The first-order chi connectivity index (χ1) is 9.65. The highest BCUT2D eigenvalue weighted by molar-refractivity contribution is 14.1. The van der Waals surface area contributed by atoms with Crippen LogP contribution < -0.4 is 5.73 Å². The van der Waals surface area contributed by atoms with Gasteiger partial charge in [-0.15, -0.1) is 0 Å². The summed E-state index contributed by atoms with van der Waals surface area (Å²) in [6.07, 6.45) is 0. The van der Waals surface area contributed by atoms with E-state index in [0.29, 0.717) is 0 Å². The standard InChI is InChI=1S/C17H13ClIN/c18-15-10-14(7-8-16(15)19)17(20)13-6-5-11-3-1-2-4-12(11)9-13/h1-10,17H,20H2. The van der Waals surface area contributed by atoms with Gasteiger partial charge in [0.2, 0.25) is 0 Å². The molecular weight excluding hydrogens is 381 g/mol. The van der Waals surface area contributed by atoms with E-state index in [1.165, 1.54) is 10.8 Å². The zero-order valence-electron chi connectivity index (χ0n) is 10.7. The molecule has 0 radical (unpaired) electrons. The van der Waals surface area contributed by atoms with E-state index in [0.717, 1.165) is 19.7 Å². The molecule has 0 heterocycles. The highest BCUT2D eigenvalue weighted by atomic mass is 127. The fourth-order valence-corrected chi connectivity index (χ4v) is 2.82. The topological polar surface area (TPSA) is 26.0 Å². The van der Waals surface area contributed by atoms with E-state index < -0.39 is 0 Å². The summed E-state index contributed by atoms with van der Waals surface area (Å²) in [5.41, 5.74) is 8.50. The summed E-state index contributed by atoms with van der Waals surface area (Å²) in [5.74, 6) is 0. The molecule has 0 aliphatic carbocycles. The van der Waals surface area contributed by atoms with Crippen molar-refractivity contribution in [3.63, 3.8) is 0 Å². The van der Waals surface area contributed by atoms with Gasteiger partial charge in [0.25, 0.3) is 0 Å². The average Bonchev–Trinajstić information content (AvgIpc) is 2.49. The smallest absolute Gasteiger partial charge is 0.0552 e. The minimum atomic E-state index is -0.158. The molecule has 3 heteroatoms. The van der Waals surface area contributed by atoms with E-state index in [1.807, 2.05) is 30.3 Å². The Kier molecular flexibility index (Phi) is 3.96. The van der Waals surface area contributed by atoms with Crippen LogP contribution in [0.5, 0.6) is 0 Å². The molecule has 0 saturated heterocycles. The zero-order chi connectivity index (χ0) is 14.1. The normalized spacial score (nSPS) is 12.6. The molecule has 0 saturated carbocycles. The summed E-state index contributed by atoms with van der Waals surface area (Å²) in [4.78, 5) is 0. The van der Waals surface area contributed by atoms with Crippen molar-refractivity contribution in [3.8, 4) is 0 Å². The number of hydrogen-bond donors (Lipinski definition) is 1. The summed E-state index contributed by atoms with van der Waals surface area (Å²) in [6.45, 7) is 0. The second kappa shape index (κ2) is 5.72. The summed E-state index contributed by atoms with van der Waals surface area (Å²) < 4.78 is 1.04. The van der Waals surface area contributed by atoms with Crippen LogP contribution >= 0.6 is 34.2 Å². The molecule has 0 spiro atoms. The molecule has 100 valence electrons. The third-order valence-electron chi connectivity index (χ3n) is 3.44. The number of fused-ring (bicyclic) bond motifs is 1. The summed E-state index contributed by atoms with van der Waals surface area (Å²) in [6, 6.07) is 20.5. The van der Waals surface area contributed by atoms with E-state index in [4.69, 9.17) is 17.3 Å². The van der Waals surface area contributed by atoms with Gasteiger partial charge in [-0.05, 0) is 62.7 Å². The lowest BCUT2D eigenvalue weighted by Gasteiger charge is -2.14. The van der Waals surface area contributed by atoms with Crippen molar-refractivity contribution in [2.45, 2.75) is 6.04 Å². The second-order valence-electron chi connectivity index (χ2n) is 4.76. The van der Waals surface area contributed by atoms with Gasteiger partial charge >= 0.3 is 0 Å². The Hall–Kier alpha value is -1.10. The van der Waals surface area contributed by atoms with Gasteiger partial charge in [-0.25, -0.2) is 0 Å².